The van der Waals surface area contributed by atoms with Crippen molar-refractivity contribution in [2.75, 3.05) is 6.26 Å². The number of sulfone groups is 1. The highest BCUT2D eigenvalue weighted by Crippen LogP contribution is 2.39. The Bertz CT molecular complexity index is 549. The van der Waals surface area contributed by atoms with E-state index < -0.39 is 27.2 Å². The van der Waals surface area contributed by atoms with Gasteiger partial charge in [0.05, 0.1) is 5.25 Å². The van der Waals surface area contributed by atoms with Gasteiger partial charge in [0.15, 0.2) is 15.9 Å². The Morgan fingerprint density at radius 1 is 1.41 bits per heavy atom. The number of hydrogen-bond acceptors (Lipinski definition) is 4. The molecule has 0 aliphatic carbocycles. The van der Waals surface area contributed by atoms with Crippen molar-refractivity contribution in [3.05, 3.63) is 29.8 Å². The van der Waals surface area contributed by atoms with Crippen LogP contribution < -0.4 is 4.74 Å². The average molecular weight is 256 g/mol. The summed E-state index contributed by atoms with van der Waals surface area (Å²) in [6.45, 7) is 0. The van der Waals surface area contributed by atoms with Gasteiger partial charge in [0.2, 0.25) is 0 Å². The van der Waals surface area contributed by atoms with E-state index >= 15 is 0 Å². The molecular weight excluding hydrogens is 244 g/mol. The molecule has 5 nitrogen and oxygen atoms in total. The summed E-state index contributed by atoms with van der Waals surface area (Å²) in [6, 6.07) is 6.63. The molecule has 0 aromatic heterocycles. The second-order valence-corrected chi connectivity index (χ2v) is 6.26. The summed E-state index contributed by atoms with van der Waals surface area (Å²) in [6.07, 6.45) is -0.0474. The SMILES string of the molecule is CS(=O)(=O)C1C[C@H](C(=O)O)Oc2ccccc21. The number of aliphatic carboxylic acids is 1. The van der Waals surface area contributed by atoms with Crippen LogP contribution in [0.15, 0.2) is 24.3 Å². The van der Waals surface area contributed by atoms with Crippen LogP contribution in [-0.4, -0.2) is 31.9 Å². The van der Waals surface area contributed by atoms with E-state index in [-0.39, 0.29) is 6.42 Å². The van der Waals surface area contributed by atoms with Crippen LogP contribution in [0.25, 0.3) is 0 Å². The minimum atomic E-state index is -3.35. The van der Waals surface area contributed by atoms with Crippen molar-refractivity contribution in [1.29, 1.82) is 0 Å². The largest absolute Gasteiger partial charge is 0.479 e. The number of fused-ring (bicyclic) bond motifs is 1. The number of carboxylic acids is 1. The molecule has 2 atom stereocenters. The Kier molecular flexibility index (Phi) is 2.82. The van der Waals surface area contributed by atoms with Gasteiger partial charge in [0.25, 0.3) is 0 Å². The smallest absolute Gasteiger partial charge is 0.344 e. The van der Waals surface area contributed by atoms with Gasteiger partial charge in [-0.2, -0.15) is 0 Å². The molecule has 1 aliphatic rings. The third-order valence-electron chi connectivity index (χ3n) is 2.76. The first-order valence-electron chi connectivity index (χ1n) is 5.07. The van der Waals surface area contributed by atoms with E-state index in [2.05, 4.69) is 0 Å². The number of rotatable bonds is 2. The number of benzene rings is 1. The molecule has 1 heterocycles. The lowest BCUT2D eigenvalue weighted by Gasteiger charge is -2.28. The fourth-order valence-electron chi connectivity index (χ4n) is 1.93. The van der Waals surface area contributed by atoms with Crippen LogP contribution in [0, 0.1) is 0 Å². The van der Waals surface area contributed by atoms with E-state index in [0.29, 0.717) is 11.3 Å². The molecular formula is C11H12O5S. The second-order valence-electron chi connectivity index (χ2n) is 4.04. The van der Waals surface area contributed by atoms with Gasteiger partial charge in [-0.15, -0.1) is 0 Å². The number of para-hydroxylation sites is 1. The molecule has 6 heteroatoms. The summed E-state index contributed by atoms with van der Waals surface area (Å²) in [4.78, 5) is 10.9. The molecule has 0 radical (unpaired) electrons. The zero-order valence-electron chi connectivity index (χ0n) is 9.16. The van der Waals surface area contributed by atoms with Crippen LogP contribution in [0.3, 0.4) is 0 Å². The molecule has 1 aromatic carbocycles. The first-order chi connectivity index (χ1) is 7.89. The van der Waals surface area contributed by atoms with Crippen LogP contribution >= 0.6 is 0 Å². The molecule has 1 N–H and O–H groups in total. The van der Waals surface area contributed by atoms with Gasteiger partial charge in [-0.05, 0) is 6.07 Å². The van der Waals surface area contributed by atoms with Crippen LogP contribution in [-0.2, 0) is 14.6 Å². The normalized spacial score (nSPS) is 23.6. The van der Waals surface area contributed by atoms with E-state index in [1.54, 1.807) is 24.3 Å². The maximum Gasteiger partial charge on any atom is 0.344 e. The lowest BCUT2D eigenvalue weighted by Crippen LogP contribution is -2.35. The summed E-state index contributed by atoms with van der Waals surface area (Å²) in [5, 5.41) is 8.12. The third kappa shape index (κ3) is 2.26. The summed E-state index contributed by atoms with van der Waals surface area (Å²) < 4.78 is 28.6. The van der Waals surface area contributed by atoms with Gasteiger partial charge in [0.1, 0.15) is 5.75 Å². The molecule has 0 fully saturated rings. The molecule has 2 rings (SSSR count). The van der Waals surface area contributed by atoms with Crippen molar-refractivity contribution in [3.63, 3.8) is 0 Å². The van der Waals surface area contributed by atoms with Crippen molar-refractivity contribution >= 4 is 15.8 Å². The second kappa shape index (κ2) is 4.03. The van der Waals surface area contributed by atoms with E-state index in [4.69, 9.17) is 9.84 Å². The van der Waals surface area contributed by atoms with Crippen molar-refractivity contribution in [2.24, 2.45) is 0 Å². The Labute approximate surface area is 98.9 Å². The van der Waals surface area contributed by atoms with E-state index in [9.17, 15) is 13.2 Å². The van der Waals surface area contributed by atoms with E-state index in [0.717, 1.165) is 6.26 Å². The number of carbonyl (C=O) groups is 1. The minimum absolute atomic E-state index is 0.0504. The molecule has 1 aromatic rings. The fraction of sp³-hybridized carbons (Fsp3) is 0.364. The first kappa shape index (κ1) is 11.9. The predicted molar refractivity (Wildman–Crippen MR) is 60.7 cm³/mol. The zero-order chi connectivity index (χ0) is 12.6. The van der Waals surface area contributed by atoms with Gasteiger partial charge in [-0.25, -0.2) is 13.2 Å². The highest BCUT2D eigenvalue weighted by Gasteiger charge is 2.37. The molecule has 0 spiro atoms. The topological polar surface area (TPSA) is 80.7 Å². The Hall–Kier alpha value is -1.56. The molecule has 1 aliphatic heterocycles. The maximum absolute atomic E-state index is 11.7. The molecule has 17 heavy (non-hydrogen) atoms. The molecule has 0 saturated carbocycles. The standard InChI is InChI=1S/C11H12O5S/c1-17(14,15)10-6-9(11(12)13)16-8-5-3-2-4-7(8)10/h2-5,9-10H,6H2,1H3,(H,12,13)/t9-,10?/m1/s1. The van der Waals surface area contributed by atoms with Crippen LogP contribution in [0.5, 0.6) is 5.75 Å². The van der Waals surface area contributed by atoms with Crippen molar-refractivity contribution < 1.29 is 23.1 Å². The van der Waals surface area contributed by atoms with Gasteiger partial charge in [0, 0.05) is 18.2 Å². The minimum Gasteiger partial charge on any atom is -0.479 e. The Morgan fingerprint density at radius 2 is 2.06 bits per heavy atom. The van der Waals surface area contributed by atoms with Crippen molar-refractivity contribution in [1.82, 2.24) is 0 Å². The highest BCUT2D eigenvalue weighted by molar-refractivity contribution is 7.90. The quantitative estimate of drug-likeness (QED) is 0.854. The number of carboxylic acid groups (broad SMARTS) is 1. The molecule has 92 valence electrons. The van der Waals surface area contributed by atoms with E-state index in [1.165, 1.54) is 0 Å². The average Bonchev–Trinajstić information content (AvgIpc) is 2.26. The summed E-state index contributed by atoms with van der Waals surface area (Å²) >= 11 is 0. The Balaban J connectivity index is 2.50. The summed E-state index contributed by atoms with van der Waals surface area (Å²) in [7, 11) is -3.35. The van der Waals surface area contributed by atoms with E-state index in [1.807, 2.05) is 0 Å². The Morgan fingerprint density at radius 3 is 2.65 bits per heavy atom. The first-order valence-corrected chi connectivity index (χ1v) is 7.02. The summed E-state index contributed by atoms with van der Waals surface area (Å²) in [5.74, 6) is -0.810. The molecule has 0 saturated heterocycles. The van der Waals surface area contributed by atoms with Crippen molar-refractivity contribution in [2.45, 2.75) is 17.8 Å². The van der Waals surface area contributed by atoms with Gasteiger partial charge >= 0.3 is 5.97 Å². The fourth-order valence-corrected chi connectivity index (χ4v) is 3.11. The summed E-state index contributed by atoms with van der Waals surface area (Å²) in [5.41, 5.74) is 0.535. The van der Waals surface area contributed by atoms with Gasteiger partial charge in [-0.1, -0.05) is 18.2 Å². The lowest BCUT2D eigenvalue weighted by atomic mass is 10.0. The lowest BCUT2D eigenvalue weighted by molar-refractivity contribution is -0.145. The van der Waals surface area contributed by atoms with Crippen LogP contribution in [0.2, 0.25) is 0 Å². The number of hydrogen-bond donors (Lipinski definition) is 1. The highest BCUT2D eigenvalue weighted by atomic mass is 32.2. The maximum atomic E-state index is 11.7. The van der Waals surface area contributed by atoms with Crippen LogP contribution in [0.1, 0.15) is 17.2 Å². The van der Waals surface area contributed by atoms with Gasteiger partial charge < -0.3 is 9.84 Å². The van der Waals surface area contributed by atoms with Gasteiger partial charge in [-0.3, -0.25) is 0 Å². The number of ether oxygens (including phenoxy) is 1. The molecule has 1 unspecified atom stereocenters. The van der Waals surface area contributed by atoms with Crippen LogP contribution in [0.4, 0.5) is 0 Å². The predicted octanol–water partition coefficient (Wildman–Crippen LogP) is 1.01. The molecule has 0 amide bonds. The molecule has 0 bridgehead atoms. The van der Waals surface area contributed by atoms with Crippen molar-refractivity contribution in [3.8, 4) is 5.75 Å². The zero-order valence-corrected chi connectivity index (χ0v) is 9.98. The third-order valence-corrected chi connectivity index (χ3v) is 4.24. The monoisotopic (exact) mass is 256 g/mol.